The Morgan fingerprint density at radius 2 is 1.71 bits per heavy atom. The summed E-state index contributed by atoms with van der Waals surface area (Å²) in [5.74, 6) is -0.117. The monoisotopic (exact) mass is 570 g/mol. The highest BCUT2D eigenvalue weighted by Gasteiger charge is 2.46. The first-order valence-electron chi connectivity index (χ1n) is 14.8. The maximum atomic E-state index is 14.1. The lowest BCUT2D eigenvalue weighted by atomic mass is 10.00. The van der Waals surface area contributed by atoms with Gasteiger partial charge in [-0.25, -0.2) is 4.79 Å². The summed E-state index contributed by atoms with van der Waals surface area (Å²) in [6.07, 6.45) is 3.85. The maximum absolute atomic E-state index is 14.1. The average molecular weight is 571 g/mol. The number of benzene rings is 1. The molecule has 0 aliphatic carbocycles. The number of para-hydroxylation sites is 1. The highest BCUT2D eigenvalue weighted by atomic mass is 16.5. The van der Waals surface area contributed by atoms with Gasteiger partial charge in [-0.3, -0.25) is 14.4 Å². The largest absolute Gasteiger partial charge is 0.493 e. The minimum absolute atomic E-state index is 0.0149. The first-order valence-corrected chi connectivity index (χ1v) is 14.8. The third-order valence-corrected chi connectivity index (χ3v) is 8.75. The molecule has 224 valence electrons. The molecule has 0 unspecified atom stereocenters. The van der Waals surface area contributed by atoms with Crippen molar-refractivity contribution in [1.29, 1.82) is 0 Å². The van der Waals surface area contributed by atoms with E-state index in [0.717, 1.165) is 24.2 Å². The van der Waals surface area contributed by atoms with E-state index in [1.807, 2.05) is 24.3 Å². The van der Waals surface area contributed by atoms with Crippen LogP contribution in [0.1, 0.15) is 57.1 Å². The highest BCUT2D eigenvalue weighted by molar-refractivity contribution is 5.94. The van der Waals surface area contributed by atoms with Crippen molar-refractivity contribution in [2.45, 2.75) is 81.7 Å². The van der Waals surface area contributed by atoms with E-state index in [4.69, 9.17) is 9.47 Å². The molecule has 0 radical (unpaired) electrons. The normalized spacial score (nSPS) is 27.4. The molecule has 5 rings (SSSR count). The van der Waals surface area contributed by atoms with Crippen LogP contribution in [0.5, 0.6) is 5.75 Å². The molecule has 12 nitrogen and oxygen atoms in total. The molecule has 12 heteroatoms. The number of nitrogens with one attached hydrogen (secondary N) is 4. The maximum Gasteiger partial charge on any atom is 0.317 e. The number of rotatable bonds is 6. The third-order valence-electron chi connectivity index (χ3n) is 8.75. The summed E-state index contributed by atoms with van der Waals surface area (Å²) < 4.78 is 11.2. The van der Waals surface area contributed by atoms with Crippen LogP contribution in [0.2, 0.25) is 0 Å². The molecule has 4 heterocycles. The van der Waals surface area contributed by atoms with Gasteiger partial charge >= 0.3 is 6.03 Å². The number of carbonyl (C=O) groups is 4. The van der Waals surface area contributed by atoms with Gasteiger partial charge in [0.15, 0.2) is 0 Å². The number of urea groups is 1. The van der Waals surface area contributed by atoms with Crippen molar-refractivity contribution in [2.75, 3.05) is 40.0 Å². The molecule has 4 aliphatic rings. The number of ether oxygens (including phenoxy) is 2. The lowest BCUT2D eigenvalue weighted by molar-refractivity contribution is -0.145. The van der Waals surface area contributed by atoms with Crippen molar-refractivity contribution in [3.8, 4) is 5.75 Å². The van der Waals surface area contributed by atoms with Crippen molar-refractivity contribution < 1.29 is 28.7 Å². The number of hydrogen-bond acceptors (Lipinski definition) is 7. The summed E-state index contributed by atoms with van der Waals surface area (Å²) in [4.78, 5) is 57.3. The van der Waals surface area contributed by atoms with Crippen LogP contribution in [-0.2, 0) is 19.1 Å². The van der Waals surface area contributed by atoms with E-state index in [-0.39, 0.29) is 48.4 Å². The number of hydrogen-bond donors (Lipinski definition) is 4. The zero-order valence-corrected chi connectivity index (χ0v) is 23.9. The lowest BCUT2D eigenvalue weighted by Crippen LogP contribution is -2.63. The van der Waals surface area contributed by atoms with Crippen molar-refractivity contribution >= 4 is 23.8 Å². The molecular formula is C29H42N6O6. The van der Waals surface area contributed by atoms with Crippen LogP contribution in [0.3, 0.4) is 0 Å². The van der Waals surface area contributed by atoms with Gasteiger partial charge in [-0.05, 0) is 52.1 Å². The van der Waals surface area contributed by atoms with Crippen molar-refractivity contribution in [3.05, 3.63) is 29.8 Å². The van der Waals surface area contributed by atoms with E-state index in [9.17, 15) is 19.2 Å². The predicted molar refractivity (Wildman–Crippen MR) is 150 cm³/mol. The topological polar surface area (TPSA) is 141 Å². The second kappa shape index (κ2) is 13.1. The van der Waals surface area contributed by atoms with Gasteiger partial charge in [0.05, 0.1) is 25.2 Å². The highest BCUT2D eigenvalue weighted by Crippen LogP contribution is 2.34. The van der Waals surface area contributed by atoms with Crippen LogP contribution in [0, 0.1) is 0 Å². The van der Waals surface area contributed by atoms with E-state index in [1.54, 1.807) is 23.8 Å². The molecule has 3 saturated heterocycles. The first-order chi connectivity index (χ1) is 19.9. The zero-order valence-electron chi connectivity index (χ0n) is 23.9. The minimum atomic E-state index is -0.973. The lowest BCUT2D eigenvalue weighted by Gasteiger charge is -2.39. The smallest absolute Gasteiger partial charge is 0.317 e. The quantitative estimate of drug-likeness (QED) is 0.394. The molecule has 3 fully saturated rings. The Balaban J connectivity index is 1.33. The Bertz CT molecular complexity index is 1130. The second-order valence-electron chi connectivity index (χ2n) is 11.4. The third kappa shape index (κ3) is 6.59. The van der Waals surface area contributed by atoms with Crippen LogP contribution in [0.4, 0.5) is 4.79 Å². The average Bonchev–Trinajstić information content (AvgIpc) is 3.41. The molecular weight excluding hydrogens is 528 g/mol. The van der Waals surface area contributed by atoms with E-state index in [0.29, 0.717) is 52.0 Å². The molecule has 5 atom stereocenters. The number of likely N-dealkylation sites (N-methyl/N-ethyl adjacent to an activating group) is 1. The number of amides is 5. The minimum Gasteiger partial charge on any atom is -0.493 e. The van der Waals surface area contributed by atoms with Crippen LogP contribution >= 0.6 is 0 Å². The molecule has 0 spiro atoms. The molecule has 1 aromatic rings. The van der Waals surface area contributed by atoms with Crippen LogP contribution < -0.4 is 26.0 Å². The van der Waals surface area contributed by atoms with Gasteiger partial charge in [0, 0.05) is 43.8 Å². The Morgan fingerprint density at radius 3 is 2.49 bits per heavy atom. The van der Waals surface area contributed by atoms with Gasteiger partial charge in [-0.15, -0.1) is 0 Å². The summed E-state index contributed by atoms with van der Waals surface area (Å²) in [5.41, 5.74) is 0.929. The molecule has 0 saturated carbocycles. The summed E-state index contributed by atoms with van der Waals surface area (Å²) >= 11 is 0. The Kier molecular flexibility index (Phi) is 9.29. The van der Waals surface area contributed by atoms with E-state index in [2.05, 4.69) is 21.3 Å². The second-order valence-corrected chi connectivity index (χ2v) is 11.4. The number of fused-ring (bicyclic) bond motifs is 2. The molecule has 0 aromatic heterocycles. The van der Waals surface area contributed by atoms with Crippen LogP contribution in [0.25, 0.3) is 0 Å². The molecule has 5 amide bonds. The van der Waals surface area contributed by atoms with Crippen molar-refractivity contribution in [3.63, 3.8) is 0 Å². The summed E-state index contributed by atoms with van der Waals surface area (Å²) in [6.45, 7) is 3.86. The van der Waals surface area contributed by atoms with Gasteiger partial charge < -0.3 is 40.5 Å². The predicted octanol–water partition coefficient (Wildman–Crippen LogP) is 0.673. The summed E-state index contributed by atoms with van der Waals surface area (Å²) in [7, 11) is 1.67. The van der Waals surface area contributed by atoms with Crippen LogP contribution in [0.15, 0.2) is 24.3 Å². The fraction of sp³-hybridized carbons (Fsp3) is 0.655. The number of carbonyl (C=O) groups excluding carboxylic acids is 4. The van der Waals surface area contributed by atoms with E-state index < -0.39 is 18.1 Å². The molecule has 4 aliphatic heterocycles. The standard InChI is InChI=1S/C29H42N6O6/c1-18(30-2)26(36)33-23-17-34(29(39)31-19-10-14-40-15-11-19)13-9-20-7-8-24(35(20)28(23)38)27(37)32-22-12-16-41-25-6-4-3-5-21(22)25/h3-6,18-20,22-24,30H,7-17H2,1-2H3,(H,31,39)(H,32,37)(H,33,36)/t18-,20+,22+,23-,24-/m0/s1. The Hall–Kier alpha value is -3.38. The fourth-order valence-electron chi connectivity index (χ4n) is 6.22. The van der Waals surface area contributed by atoms with Gasteiger partial charge in [-0.1, -0.05) is 18.2 Å². The van der Waals surface area contributed by atoms with E-state index >= 15 is 0 Å². The first kappa shape index (κ1) is 29.1. The van der Waals surface area contributed by atoms with Crippen molar-refractivity contribution in [2.24, 2.45) is 0 Å². The summed E-state index contributed by atoms with van der Waals surface area (Å²) in [5, 5.41) is 12.0. The Morgan fingerprint density at radius 1 is 0.927 bits per heavy atom. The van der Waals surface area contributed by atoms with Gasteiger partial charge in [0.2, 0.25) is 17.7 Å². The molecule has 1 aromatic carbocycles. The van der Waals surface area contributed by atoms with E-state index in [1.165, 1.54) is 0 Å². The SMILES string of the molecule is CN[C@@H](C)C(=O)N[C@H]1CN(C(=O)NC2CCOCC2)CC[C@H]2CC[C@@H](C(=O)N[C@@H]3CCOc4ccccc43)N2C1=O. The van der Waals surface area contributed by atoms with Crippen LogP contribution in [-0.4, -0.2) is 104 Å². The fourth-order valence-corrected chi connectivity index (χ4v) is 6.22. The molecule has 41 heavy (non-hydrogen) atoms. The number of nitrogens with zero attached hydrogens (tertiary/aromatic N) is 2. The van der Waals surface area contributed by atoms with Crippen molar-refractivity contribution in [1.82, 2.24) is 31.1 Å². The summed E-state index contributed by atoms with van der Waals surface area (Å²) in [6, 6.07) is 4.88. The van der Waals surface area contributed by atoms with Gasteiger partial charge in [0.1, 0.15) is 17.8 Å². The zero-order chi connectivity index (χ0) is 28.9. The molecule has 0 bridgehead atoms. The van der Waals surface area contributed by atoms with Gasteiger partial charge in [-0.2, -0.15) is 0 Å². The molecule has 4 N–H and O–H groups in total. The van der Waals surface area contributed by atoms with Gasteiger partial charge in [0.25, 0.3) is 0 Å². The Labute approximate surface area is 240 Å².